The van der Waals surface area contributed by atoms with E-state index in [4.69, 9.17) is 5.73 Å². The van der Waals surface area contributed by atoms with Gasteiger partial charge in [-0.2, -0.15) is 0 Å². The molecule has 0 aromatic heterocycles. The van der Waals surface area contributed by atoms with Crippen molar-refractivity contribution in [2.45, 2.75) is 75.6 Å². The zero-order chi connectivity index (χ0) is 22.1. The molecule has 1 aliphatic heterocycles. The maximum atomic E-state index is 13.8. The largest absolute Gasteiger partial charge is 0.380 e. The molecular weight excluding hydrogens is 399 g/mol. The molecule has 2 amide bonds. The van der Waals surface area contributed by atoms with Crippen LogP contribution in [0.25, 0.3) is 0 Å². The summed E-state index contributed by atoms with van der Waals surface area (Å²) in [6.07, 6.45) is 3.55. The Morgan fingerprint density at radius 3 is 2.57 bits per heavy atom. The van der Waals surface area contributed by atoms with Crippen molar-refractivity contribution in [3.05, 3.63) is 35.1 Å². The van der Waals surface area contributed by atoms with E-state index in [1.165, 1.54) is 0 Å². The Kier molecular flexibility index (Phi) is 6.71. The number of halogens is 3. The van der Waals surface area contributed by atoms with Gasteiger partial charge in [0.05, 0.1) is 6.54 Å². The molecule has 0 spiro atoms. The predicted molar refractivity (Wildman–Crippen MR) is 104 cm³/mol. The number of hydrogen-bond donors (Lipinski definition) is 3. The highest BCUT2D eigenvalue weighted by Gasteiger charge is 2.48. The number of aliphatic hydroxyl groups is 1. The fraction of sp³-hybridized carbons (Fsp3) is 0.619. The first-order valence-corrected chi connectivity index (χ1v) is 10.3. The zero-order valence-corrected chi connectivity index (χ0v) is 17.0. The van der Waals surface area contributed by atoms with Gasteiger partial charge in [0.15, 0.2) is 11.6 Å². The van der Waals surface area contributed by atoms with Crippen molar-refractivity contribution in [1.82, 2.24) is 10.2 Å². The summed E-state index contributed by atoms with van der Waals surface area (Å²) in [6.45, 7) is 1.76. The molecule has 1 aromatic carbocycles. The number of nitrogens with one attached hydrogen (secondary N) is 1. The molecule has 2 unspecified atom stereocenters. The summed E-state index contributed by atoms with van der Waals surface area (Å²) >= 11 is 0. The highest BCUT2D eigenvalue weighted by Crippen LogP contribution is 2.35. The summed E-state index contributed by atoms with van der Waals surface area (Å²) in [5, 5.41) is 12.3. The molecule has 1 aliphatic carbocycles. The maximum absolute atomic E-state index is 13.8. The molecule has 3 rings (SSSR count). The first kappa shape index (κ1) is 22.6. The number of benzene rings is 1. The number of carbonyl (C=O) groups excluding carboxylic acids is 2. The molecule has 2 aliphatic rings. The quantitative estimate of drug-likeness (QED) is 0.551. The number of rotatable bonds is 8. The topological polar surface area (TPSA) is 95.7 Å². The van der Waals surface area contributed by atoms with Crippen LogP contribution in [0.15, 0.2) is 12.1 Å². The minimum absolute atomic E-state index is 0.0169. The summed E-state index contributed by atoms with van der Waals surface area (Å²) in [7, 11) is 0. The van der Waals surface area contributed by atoms with Crippen LogP contribution in [-0.4, -0.2) is 52.1 Å². The van der Waals surface area contributed by atoms with E-state index in [0.717, 1.165) is 18.9 Å². The lowest BCUT2D eigenvalue weighted by molar-refractivity contribution is -0.138. The number of hydrogen-bond acceptors (Lipinski definition) is 4. The van der Waals surface area contributed by atoms with Gasteiger partial charge in [-0.3, -0.25) is 9.59 Å². The van der Waals surface area contributed by atoms with E-state index < -0.39 is 35.0 Å². The average molecular weight is 427 g/mol. The maximum Gasteiger partial charge on any atom is 0.252 e. The summed E-state index contributed by atoms with van der Waals surface area (Å²) in [5.74, 6) is -3.92. The van der Waals surface area contributed by atoms with E-state index in [1.807, 2.05) is 6.92 Å². The lowest BCUT2D eigenvalue weighted by Gasteiger charge is -2.29. The van der Waals surface area contributed by atoms with Crippen molar-refractivity contribution in [3.8, 4) is 0 Å². The molecule has 0 bridgehead atoms. The van der Waals surface area contributed by atoms with E-state index in [9.17, 15) is 27.9 Å². The molecule has 30 heavy (non-hydrogen) atoms. The van der Waals surface area contributed by atoms with E-state index in [0.29, 0.717) is 31.7 Å². The van der Waals surface area contributed by atoms with E-state index in [1.54, 1.807) is 4.90 Å². The van der Waals surface area contributed by atoms with Crippen LogP contribution in [0.4, 0.5) is 13.2 Å². The number of likely N-dealkylation sites (tertiary alicyclic amines) is 1. The molecule has 1 heterocycles. The second kappa shape index (κ2) is 8.93. The summed E-state index contributed by atoms with van der Waals surface area (Å²) in [5.41, 5.74) is 4.78. The number of nitrogens with two attached hydrogens (primary N) is 1. The molecule has 3 atom stereocenters. The number of carbonyl (C=O) groups is 2. The van der Waals surface area contributed by atoms with Gasteiger partial charge in [0.1, 0.15) is 11.4 Å². The van der Waals surface area contributed by atoms with Crippen molar-refractivity contribution < 1.29 is 27.9 Å². The van der Waals surface area contributed by atoms with Crippen LogP contribution >= 0.6 is 0 Å². The van der Waals surface area contributed by atoms with Crippen molar-refractivity contribution in [2.24, 2.45) is 5.73 Å². The smallest absolute Gasteiger partial charge is 0.252 e. The molecular formula is C21H28F3N3O3. The Morgan fingerprint density at radius 1 is 1.23 bits per heavy atom. The minimum atomic E-state index is -1.32. The molecule has 1 saturated carbocycles. The molecule has 1 aromatic rings. The SMILES string of the molecule is CC1CCC(CC[C@H](N)Cc2cc(F)c(F)cc2F)N1C(=O)CNC(=O)C1(O)CC1. The first-order chi connectivity index (χ1) is 14.1. The van der Waals surface area contributed by atoms with Crippen LogP contribution in [0, 0.1) is 17.5 Å². The molecule has 1 saturated heterocycles. The Balaban J connectivity index is 1.51. The van der Waals surface area contributed by atoms with Gasteiger partial charge in [-0.15, -0.1) is 0 Å². The summed E-state index contributed by atoms with van der Waals surface area (Å²) in [4.78, 5) is 26.2. The van der Waals surface area contributed by atoms with E-state index in [-0.39, 0.29) is 36.5 Å². The second-order valence-corrected chi connectivity index (χ2v) is 8.49. The third-order valence-electron chi connectivity index (χ3n) is 6.06. The molecule has 6 nitrogen and oxygen atoms in total. The first-order valence-electron chi connectivity index (χ1n) is 10.3. The normalized spacial score (nSPS) is 23.3. The van der Waals surface area contributed by atoms with Gasteiger partial charge in [-0.1, -0.05) is 0 Å². The van der Waals surface area contributed by atoms with Gasteiger partial charge in [-0.05, 0) is 63.5 Å². The third-order valence-corrected chi connectivity index (χ3v) is 6.06. The van der Waals surface area contributed by atoms with Gasteiger partial charge in [0.2, 0.25) is 5.91 Å². The highest BCUT2D eigenvalue weighted by molar-refractivity contribution is 5.91. The van der Waals surface area contributed by atoms with Crippen LogP contribution in [0.1, 0.15) is 51.0 Å². The molecule has 4 N–H and O–H groups in total. The summed E-state index contributed by atoms with van der Waals surface area (Å²) < 4.78 is 40.2. The van der Waals surface area contributed by atoms with Crippen molar-refractivity contribution in [3.63, 3.8) is 0 Å². The Morgan fingerprint density at radius 2 is 1.90 bits per heavy atom. The van der Waals surface area contributed by atoms with E-state index in [2.05, 4.69) is 5.32 Å². The average Bonchev–Trinajstić information content (AvgIpc) is 3.33. The molecule has 2 fully saturated rings. The van der Waals surface area contributed by atoms with Crippen LogP contribution in [0.3, 0.4) is 0 Å². The van der Waals surface area contributed by atoms with Crippen molar-refractivity contribution in [1.29, 1.82) is 0 Å². The monoisotopic (exact) mass is 427 g/mol. The van der Waals surface area contributed by atoms with Gasteiger partial charge < -0.3 is 21.1 Å². The minimum Gasteiger partial charge on any atom is -0.380 e. The lowest BCUT2D eigenvalue weighted by Crippen LogP contribution is -2.48. The lowest BCUT2D eigenvalue weighted by atomic mass is 9.98. The van der Waals surface area contributed by atoms with E-state index >= 15 is 0 Å². The Hall–Kier alpha value is -2.13. The van der Waals surface area contributed by atoms with Crippen LogP contribution in [0.2, 0.25) is 0 Å². The van der Waals surface area contributed by atoms with Crippen LogP contribution < -0.4 is 11.1 Å². The van der Waals surface area contributed by atoms with Gasteiger partial charge in [0, 0.05) is 24.2 Å². The third kappa shape index (κ3) is 5.13. The number of amides is 2. The van der Waals surface area contributed by atoms with Crippen molar-refractivity contribution >= 4 is 11.8 Å². The van der Waals surface area contributed by atoms with Crippen molar-refractivity contribution in [2.75, 3.05) is 6.54 Å². The zero-order valence-electron chi connectivity index (χ0n) is 17.0. The number of nitrogens with zero attached hydrogens (tertiary/aromatic N) is 1. The fourth-order valence-corrected chi connectivity index (χ4v) is 4.07. The van der Waals surface area contributed by atoms with Gasteiger partial charge in [-0.25, -0.2) is 13.2 Å². The molecule has 0 radical (unpaired) electrons. The summed E-state index contributed by atoms with van der Waals surface area (Å²) in [6, 6.07) is 0.829. The Bertz CT molecular complexity index is 816. The Labute approximate surface area is 173 Å². The highest BCUT2D eigenvalue weighted by atomic mass is 19.2. The van der Waals surface area contributed by atoms with Crippen LogP contribution in [-0.2, 0) is 16.0 Å². The van der Waals surface area contributed by atoms with Crippen LogP contribution in [0.5, 0.6) is 0 Å². The fourth-order valence-electron chi connectivity index (χ4n) is 4.07. The van der Waals surface area contributed by atoms with Gasteiger partial charge in [0.25, 0.3) is 5.91 Å². The molecule has 166 valence electrons. The van der Waals surface area contributed by atoms with Gasteiger partial charge >= 0.3 is 0 Å². The molecule has 9 heteroatoms. The predicted octanol–water partition coefficient (Wildman–Crippen LogP) is 1.77. The second-order valence-electron chi connectivity index (χ2n) is 8.49. The standard InChI is InChI=1S/C21H28F3N3O3/c1-12-2-4-15(27(12)19(28)11-26-20(29)21(30)6-7-21)5-3-14(25)8-13-9-17(23)18(24)10-16(13)22/h9-10,12,14-15,30H,2-8,11,25H2,1H3,(H,26,29)/t12?,14-,15?/m0/s1.